The maximum atomic E-state index is 12.8. The zero-order valence-electron chi connectivity index (χ0n) is 16.6. The van der Waals surface area contributed by atoms with Gasteiger partial charge in [-0.25, -0.2) is 8.42 Å². The van der Waals surface area contributed by atoms with Gasteiger partial charge in [-0.2, -0.15) is 4.31 Å². The van der Waals surface area contributed by atoms with Crippen LogP contribution in [0, 0.1) is 0 Å². The quantitative estimate of drug-likeness (QED) is 0.776. The first kappa shape index (κ1) is 21.1. The van der Waals surface area contributed by atoms with Crippen LogP contribution in [0.25, 0.3) is 0 Å². The Morgan fingerprint density at radius 1 is 1.04 bits per heavy atom. The lowest BCUT2D eigenvalue weighted by molar-refractivity contribution is -0.124. The maximum absolute atomic E-state index is 12.8. The molecule has 0 spiro atoms. The molecule has 2 heterocycles. The molecule has 3 rings (SSSR count). The van der Waals surface area contributed by atoms with Gasteiger partial charge in [0.25, 0.3) is 5.91 Å². The Balaban J connectivity index is 1.50. The summed E-state index contributed by atoms with van der Waals surface area (Å²) in [7, 11) is -1.38. The molecule has 1 aromatic carbocycles. The highest BCUT2D eigenvalue weighted by Crippen LogP contribution is 2.22. The summed E-state index contributed by atoms with van der Waals surface area (Å²) >= 11 is 0. The molecule has 7 nitrogen and oxygen atoms in total. The zero-order chi connectivity index (χ0) is 20.0. The highest BCUT2D eigenvalue weighted by Gasteiger charge is 2.25. The third kappa shape index (κ3) is 5.68. The Kier molecular flexibility index (Phi) is 7.31. The van der Waals surface area contributed by atoms with E-state index in [0.717, 1.165) is 51.6 Å². The molecule has 0 saturated carbocycles. The molecule has 156 valence electrons. The standard InChI is InChI=1S/C20H31N3O4S/c1-22-14-10-17(11-15-22)21-20(24)16-27-18-6-8-19(9-7-18)28(25,26)23-12-4-2-3-5-13-23/h6-9,17H,2-5,10-16H2,1H3,(H,21,24). The molecule has 2 fully saturated rings. The molecule has 0 radical (unpaired) electrons. The van der Waals surface area contributed by atoms with Crippen LogP contribution < -0.4 is 10.1 Å². The van der Waals surface area contributed by atoms with Gasteiger partial charge < -0.3 is 15.0 Å². The fraction of sp³-hybridized carbons (Fsp3) is 0.650. The van der Waals surface area contributed by atoms with E-state index in [9.17, 15) is 13.2 Å². The van der Waals surface area contributed by atoms with Crippen molar-refractivity contribution in [3.05, 3.63) is 24.3 Å². The number of sulfonamides is 1. The van der Waals surface area contributed by atoms with Gasteiger partial charge in [-0.3, -0.25) is 4.79 Å². The van der Waals surface area contributed by atoms with E-state index in [4.69, 9.17) is 4.74 Å². The molecule has 0 bridgehead atoms. The number of nitrogens with zero attached hydrogens (tertiary/aromatic N) is 2. The third-order valence-electron chi connectivity index (χ3n) is 5.48. The normalized spacial score (nSPS) is 20.5. The van der Waals surface area contributed by atoms with Crippen molar-refractivity contribution < 1.29 is 17.9 Å². The molecule has 2 aliphatic heterocycles. The minimum atomic E-state index is -3.46. The number of amides is 1. The van der Waals surface area contributed by atoms with E-state index in [1.165, 1.54) is 0 Å². The molecule has 1 aromatic rings. The lowest BCUT2D eigenvalue weighted by Crippen LogP contribution is -2.44. The van der Waals surface area contributed by atoms with Gasteiger partial charge in [0.15, 0.2) is 6.61 Å². The smallest absolute Gasteiger partial charge is 0.258 e. The second-order valence-corrected chi connectivity index (χ2v) is 9.66. The summed E-state index contributed by atoms with van der Waals surface area (Å²) in [6.45, 7) is 3.07. The van der Waals surface area contributed by atoms with Crippen LogP contribution in [0.5, 0.6) is 5.75 Å². The number of ether oxygens (including phenoxy) is 1. The van der Waals surface area contributed by atoms with Gasteiger partial charge in [0.2, 0.25) is 10.0 Å². The lowest BCUT2D eigenvalue weighted by Gasteiger charge is -2.29. The maximum Gasteiger partial charge on any atom is 0.258 e. The Bertz CT molecular complexity index is 735. The number of piperidine rings is 1. The Labute approximate surface area is 168 Å². The number of nitrogens with one attached hydrogen (secondary N) is 1. The summed E-state index contributed by atoms with van der Waals surface area (Å²) in [6, 6.07) is 6.56. The van der Waals surface area contributed by atoms with Gasteiger partial charge >= 0.3 is 0 Å². The van der Waals surface area contributed by atoms with Gasteiger partial charge in [-0.05, 0) is 70.1 Å². The monoisotopic (exact) mass is 409 g/mol. The molecule has 0 atom stereocenters. The summed E-state index contributed by atoms with van der Waals surface area (Å²) < 4.78 is 32.7. The molecular weight excluding hydrogens is 378 g/mol. The molecule has 28 heavy (non-hydrogen) atoms. The Hall–Kier alpha value is -1.64. The molecule has 0 aliphatic carbocycles. The van der Waals surface area contributed by atoms with Crippen LogP contribution in [-0.4, -0.2) is 69.4 Å². The third-order valence-corrected chi connectivity index (χ3v) is 7.39. The van der Waals surface area contributed by atoms with Gasteiger partial charge in [-0.1, -0.05) is 12.8 Å². The summed E-state index contributed by atoms with van der Waals surface area (Å²) in [5, 5.41) is 3.00. The summed E-state index contributed by atoms with van der Waals surface area (Å²) in [5.74, 6) is 0.351. The SMILES string of the molecule is CN1CCC(NC(=O)COc2ccc(S(=O)(=O)N3CCCCCC3)cc2)CC1. The summed E-state index contributed by atoms with van der Waals surface area (Å²) in [4.78, 5) is 14.6. The molecule has 1 amide bonds. The number of rotatable bonds is 6. The average molecular weight is 410 g/mol. The van der Waals surface area contributed by atoms with Gasteiger partial charge in [0, 0.05) is 19.1 Å². The highest BCUT2D eigenvalue weighted by atomic mass is 32.2. The lowest BCUT2D eigenvalue weighted by atomic mass is 10.1. The van der Waals surface area contributed by atoms with E-state index in [2.05, 4.69) is 17.3 Å². The van der Waals surface area contributed by atoms with Crippen LogP contribution in [0.2, 0.25) is 0 Å². The first-order valence-corrected chi connectivity index (χ1v) is 11.6. The van der Waals surface area contributed by atoms with Gasteiger partial charge in [0.1, 0.15) is 5.75 Å². The van der Waals surface area contributed by atoms with Crippen molar-refractivity contribution in [2.24, 2.45) is 0 Å². The van der Waals surface area contributed by atoms with E-state index in [-0.39, 0.29) is 23.5 Å². The molecule has 1 N–H and O–H groups in total. The van der Waals surface area contributed by atoms with Crippen LogP contribution in [-0.2, 0) is 14.8 Å². The van der Waals surface area contributed by atoms with Crippen LogP contribution in [0.1, 0.15) is 38.5 Å². The van der Waals surface area contributed by atoms with Crippen LogP contribution >= 0.6 is 0 Å². The van der Waals surface area contributed by atoms with E-state index in [1.54, 1.807) is 28.6 Å². The van der Waals surface area contributed by atoms with E-state index in [1.807, 2.05) is 0 Å². The fourth-order valence-corrected chi connectivity index (χ4v) is 5.23. The van der Waals surface area contributed by atoms with E-state index in [0.29, 0.717) is 18.8 Å². The second kappa shape index (κ2) is 9.71. The number of carbonyl (C=O) groups excluding carboxylic acids is 1. The topological polar surface area (TPSA) is 79.0 Å². The number of hydrogen-bond acceptors (Lipinski definition) is 5. The van der Waals surface area contributed by atoms with Crippen LogP contribution in [0.3, 0.4) is 0 Å². The second-order valence-electron chi connectivity index (χ2n) is 7.72. The van der Waals surface area contributed by atoms with Crippen molar-refractivity contribution in [1.82, 2.24) is 14.5 Å². The van der Waals surface area contributed by atoms with Crippen molar-refractivity contribution in [1.29, 1.82) is 0 Å². The van der Waals surface area contributed by atoms with Crippen molar-refractivity contribution in [2.75, 3.05) is 39.8 Å². The van der Waals surface area contributed by atoms with Crippen molar-refractivity contribution in [3.8, 4) is 5.75 Å². The molecule has 2 aliphatic rings. The van der Waals surface area contributed by atoms with Crippen LogP contribution in [0.15, 0.2) is 29.2 Å². The number of likely N-dealkylation sites (tertiary alicyclic amines) is 1. The van der Waals surface area contributed by atoms with Gasteiger partial charge in [0.05, 0.1) is 4.90 Å². The molecular formula is C20H31N3O4S. The molecule has 2 saturated heterocycles. The minimum absolute atomic E-state index is 0.0649. The summed E-state index contributed by atoms with van der Waals surface area (Å²) in [6.07, 6.45) is 5.88. The number of hydrogen-bond donors (Lipinski definition) is 1. The van der Waals surface area contributed by atoms with E-state index < -0.39 is 10.0 Å². The van der Waals surface area contributed by atoms with Crippen molar-refractivity contribution in [3.63, 3.8) is 0 Å². The Morgan fingerprint density at radius 2 is 1.64 bits per heavy atom. The molecule has 8 heteroatoms. The number of carbonyl (C=O) groups is 1. The first-order chi connectivity index (χ1) is 13.4. The first-order valence-electron chi connectivity index (χ1n) is 10.2. The van der Waals surface area contributed by atoms with Crippen molar-refractivity contribution >= 4 is 15.9 Å². The average Bonchev–Trinajstić information content (AvgIpc) is 2.99. The fourth-order valence-electron chi connectivity index (χ4n) is 3.71. The van der Waals surface area contributed by atoms with Crippen molar-refractivity contribution in [2.45, 2.75) is 49.5 Å². The van der Waals surface area contributed by atoms with E-state index >= 15 is 0 Å². The predicted molar refractivity (Wildman–Crippen MR) is 108 cm³/mol. The number of benzene rings is 1. The Morgan fingerprint density at radius 3 is 2.25 bits per heavy atom. The highest BCUT2D eigenvalue weighted by molar-refractivity contribution is 7.89. The summed E-state index contributed by atoms with van der Waals surface area (Å²) in [5.41, 5.74) is 0. The minimum Gasteiger partial charge on any atom is -0.484 e. The predicted octanol–water partition coefficient (Wildman–Crippen LogP) is 1.84. The van der Waals surface area contributed by atoms with Gasteiger partial charge in [-0.15, -0.1) is 0 Å². The largest absolute Gasteiger partial charge is 0.484 e. The molecule has 0 unspecified atom stereocenters. The zero-order valence-corrected chi connectivity index (χ0v) is 17.4. The molecule has 0 aromatic heterocycles. The van der Waals surface area contributed by atoms with Crippen LogP contribution in [0.4, 0.5) is 0 Å².